The molecule has 0 aliphatic rings. The summed E-state index contributed by atoms with van der Waals surface area (Å²) in [6.07, 6.45) is 3.35. The molecule has 1 aromatic heterocycles. The molecule has 0 aliphatic carbocycles. The van der Waals surface area contributed by atoms with Crippen LogP contribution in [0.15, 0.2) is 41.2 Å². The lowest BCUT2D eigenvalue weighted by molar-refractivity contribution is 0.414. The van der Waals surface area contributed by atoms with Gasteiger partial charge in [-0.1, -0.05) is 17.3 Å². The Balaban J connectivity index is 1.81. The van der Waals surface area contributed by atoms with Crippen molar-refractivity contribution in [3.63, 3.8) is 0 Å². The Morgan fingerprint density at radius 2 is 1.94 bits per heavy atom. The number of hydrogen-bond acceptors (Lipinski definition) is 4. The van der Waals surface area contributed by atoms with Gasteiger partial charge in [-0.05, 0) is 17.7 Å². The minimum absolute atomic E-state index is 0.759. The number of benzene rings is 1. The zero-order chi connectivity index (χ0) is 11.2. The number of nitrogens with one attached hydrogen (secondary N) is 1. The van der Waals surface area contributed by atoms with Crippen LogP contribution in [0.25, 0.3) is 0 Å². The predicted octanol–water partition coefficient (Wildman–Crippen LogP) is 1.97. The third-order valence-corrected chi connectivity index (χ3v) is 2.30. The van der Waals surface area contributed by atoms with Crippen LogP contribution in [0.3, 0.4) is 0 Å². The first-order chi connectivity index (χ1) is 7.88. The number of aromatic nitrogens is 1. The van der Waals surface area contributed by atoms with Gasteiger partial charge in [0.15, 0.2) is 0 Å². The fourth-order valence-corrected chi connectivity index (χ4v) is 1.41. The van der Waals surface area contributed by atoms with Crippen LogP contribution in [0.5, 0.6) is 5.75 Å². The van der Waals surface area contributed by atoms with Crippen molar-refractivity contribution in [2.24, 2.45) is 0 Å². The zero-order valence-corrected chi connectivity index (χ0v) is 9.14. The van der Waals surface area contributed by atoms with Gasteiger partial charge in [-0.25, -0.2) is 0 Å². The van der Waals surface area contributed by atoms with E-state index in [1.165, 1.54) is 5.56 Å². The smallest absolute Gasteiger partial charge is 0.128 e. The fraction of sp³-hybridized carbons (Fsp3) is 0.250. The standard InChI is InChI=1S/C12H14N2O2/c1-15-12-4-2-10(3-5-12)6-13-7-11-8-14-16-9-11/h2-5,8-9,13H,6-7H2,1H3. The normalized spacial score (nSPS) is 10.3. The van der Waals surface area contributed by atoms with Crippen molar-refractivity contribution >= 4 is 0 Å². The monoisotopic (exact) mass is 218 g/mol. The Kier molecular flexibility index (Phi) is 3.56. The van der Waals surface area contributed by atoms with Crippen LogP contribution < -0.4 is 10.1 Å². The van der Waals surface area contributed by atoms with Crippen LogP contribution in [-0.2, 0) is 13.1 Å². The van der Waals surface area contributed by atoms with Crippen LogP contribution in [0.1, 0.15) is 11.1 Å². The molecule has 4 heteroatoms. The van der Waals surface area contributed by atoms with E-state index in [1.54, 1.807) is 19.6 Å². The summed E-state index contributed by atoms with van der Waals surface area (Å²) in [5.41, 5.74) is 2.27. The van der Waals surface area contributed by atoms with Crippen LogP contribution in [0.2, 0.25) is 0 Å². The van der Waals surface area contributed by atoms with Crippen molar-refractivity contribution in [3.05, 3.63) is 47.9 Å². The van der Waals surface area contributed by atoms with E-state index >= 15 is 0 Å². The quantitative estimate of drug-likeness (QED) is 0.833. The molecule has 0 saturated carbocycles. The molecule has 4 nitrogen and oxygen atoms in total. The summed E-state index contributed by atoms with van der Waals surface area (Å²) in [5.74, 6) is 0.878. The molecule has 2 aromatic rings. The largest absolute Gasteiger partial charge is 0.497 e. The molecule has 1 N–H and O–H groups in total. The third-order valence-electron chi connectivity index (χ3n) is 2.30. The summed E-state index contributed by atoms with van der Waals surface area (Å²) in [5, 5.41) is 6.94. The van der Waals surface area contributed by atoms with Crippen LogP contribution in [0, 0.1) is 0 Å². The number of ether oxygens (including phenoxy) is 1. The average Bonchev–Trinajstić information content (AvgIpc) is 2.83. The maximum atomic E-state index is 5.09. The van der Waals surface area contributed by atoms with E-state index in [1.807, 2.05) is 24.3 Å². The predicted molar refractivity (Wildman–Crippen MR) is 60.0 cm³/mol. The molecule has 0 amide bonds. The van der Waals surface area contributed by atoms with Crippen molar-refractivity contribution in [1.29, 1.82) is 0 Å². The number of rotatable bonds is 5. The molecule has 84 valence electrons. The Hall–Kier alpha value is -1.81. The van der Waals surface area contributed by atoms with Gasteiger partial charge in [0.1, 0.15) is 12.0 Å². The topological polar surface area (TPSA) is 47.3 Å². The van der Waals surface area contributed by atoms with Gasteiger partial charge < -0.3 is 14.6 Å². The van der Waals surface area contributed by atoms with Crippen molar-refractivity contribution in [1.82, 2.24) is 10.5 Å². The van der Waals surface area contributed by atoms with Gasteiger partial charge in [0.05, 0.1) is 13.3 Å². The highest BCUT2D eigenvalue weighted by molar-refractivity contribution is 5.27. The SMILES string of the molecule is COc1ccc(CNCc2cnoc2)cc1. The summed E-state index contributed by atoms with van der Waals surface area (Å²) in [6, 6.07) is 7.99. The molecule has 0 spiro atoms. The lowest BCUT2D eigenvalue weighted by Crippen LogP contribution is -2.11. The summed E-state index contributed by atoms with van der Waals surface area (Å²) in [7, 11) is 1.67. The van der Waals surface area contributed by atoms with Gasteiger partial charge in [0.25, 0.3) is 0 Å². The first kappa shape index (κ1) is 10.7. The maximum absolute atomic E-state index is 5.09. The van der Waals surface area contributed by atoms with Gasteiger partial charge in [-0.15, -0.1) is 0 Å². The van der Waals surface area contributed by atoms with Crippen molar-refractivity contribution in [2.75, 3.05) is 7.11 Å². The van der Waals surface area contributed by atoms with Gasteiger partial charge in [-0.3, -0.25) is 0 Å². The molecular weight excluding hydrogens is 204 g/mol. The molecule has 0 saturated heterocycles. The molecule has 0 fully saturated rings. The Bertz CT molecular complexity index is 409. The maximum Gasteiger partial charge on any atom is 0.128 e. The highest BCUT2D eigenvalue weighted by Gasteiger charge is 1.96. The van der Waals surface area contributed by atoms with Gasteiger partial charge >= 0.3 is 0 Å². The Morgan fingerprint density at radius 1 is 1.19 bits per heavy atom. The molecule has 0 radical (unpaired) electrons. The average molecular weight is 218 g/mol. The van der Waals surface area contributed by atoms with E-state index < -0.39 is 0 Å². The lowest BCUT2D eigenvalue weighted by Gasteiger charge is -2.04. The summed E-state index contributed by atoms with van der Waals surface area (Å²) < 4.78 is 9.83. The first-order valence-electron chi connectivity index (χ1n) is 5.10. The second kappa shape index (κ2) is 5.32. The second-order valence-electron chi connectivity index (χ2n) is 3.48. The van der Waals surface area contributed by atoms with E-state index in [9.17, 15) is 0 Å². The molecule has 0 aliphatic heterocycles. The number of nitrogens with zero attached hydrogens (tertiary/aromatic N) is 1. The molecule has 1 heterocycles. The van der Waals surface area contributed by atoms with E-state index in [-0.39, 0.29) is 0 Å². The van der Waals surface area contributed by atoms with Gasteiger partial charge in [0.2, 0.25) is 0 Å². The first-order valence-corrected chi connectivity index (χ1v) is 5.10. The minimum atomic E-state index is 0.759. The van der Waals surface area contributed by atoms with Crippen molar-refractivity contribution in [2.45, 2.75) is 13.1 Å². The Morgan fingerprint density at radius 3 is 2.56 bits per heavy atom. The van der Waals surface area contributed by atoms with E-state index in [4.69, 9.17) is 9.26 Å². The molecular formula is C12H14N2O2. The summed E-state index contributed by atoms with van der Waals surface area (Å²) >= 11 is 0. The van der Waals surface area contributed by atoms with Gasteiger partial charge in [0, 0.05) is 18.7 Å². The minimum Gasteiger partial charge on any atom is -0.497 e. The number of methoxy groups -OCH3 is 1. The number of hydrogen-bond donors (Lipinski definition) is 1. The summed E-state index contributed by atoms with van der Waals surface area (Å²) in [4.78, 5) is 0. The van der Waals surface area contributed by atoms with Gasteiger partial charge in [-0.2, -0.15) is 0 Å². The highest BCUT2D eigenvalue weighted by atomic mass is 16.5. The van der Waals surface area contributed by atoms with Crippen LogP contribution in [0.4, 0.5) is 0 Å². The lowest BCUT2D eigenvalue weighted by atomic mass is 10.2. The van der Waals surface area contributed by atoms with Crippen molar-refractivity contribution < 1.29 is 9.26 Å². The molecule has 0 atom stereocenters. The van der Waals surface area contributed by atoms with E-state index in [0.29, 0.717) is 0 Å². The second-order valence-corrected chi connectivity index (χ2v) is 3.48. The highest BCUT2D eigenvalue weighted by Crippen LogP contribution is 2.11. The molecule has 16 heavy (non-hydrogen) atoms. The van der Waals surface area contributed by atoms with E-state index in [0.717, 1.165) is 24.4 Å². The molecule has 0 unspecified atom stereocenters. The van der Waals surface area contributed by atoms with E-state index in [2.05, 4.69) is 10.5 Å². The zero-order valence-electron chi connectivity index (χ0n) is 9.14. The molecule has 0 bridgehead atoms. The fourth-order valence-electron chi connectivity index (χ4n) is 1.41. The molecule has 1 aromatic carbocycles. The Labute approximate surface area is 94.2 Å². The van der Waals surface area contributed by atoms with Crippen LogP contribution >= 0.6 is 0 Å². The van der Waals surface area contributed by atoms with Crippen molar-refractivity contribution in [3.8, 4) is 5.75 Å². The third kappa shape index (κ3) is 2.84. The summed E-state index contributed by atoms with van der Waals surface area (Å²) in [6.45, 7) is 1.57. The molecule has 2 rings (SSSR count). The van der Waals surface area contributed by atoms with Crippen LogP contribution in [-0.4, -0.2) is 12.3 Å².